The summed E-state index contributed by atoms with van der Waals surface area (Å²) in [6.07, 6.45) is 1.14. The Morgan fingerprint density at radius 1 is 0.957 bits per heavy atom. The zero-order valence-electron chi connectivity index (χ0n) is 12.6. The maximum absolute atomic E-state index is 11.8. The lowest BCUT2D eigenvalue weighted by Gasteiger charge is -2.04. The standard InChI is InChI=1S/C18H16N2O3/c1-13(21)16(17(22)14-8-4-2-5-9-14)12-19-20-18(23)15-10-6-3-7-11-15/h2-12,22H,1H3,(H,20,23)/b17-16+,19-12+. The first-order valence-electron chi connectivity index (χ1n) is 6.97. The van der Waals surface area contributed by atoms with Gasteiger partial charge in [0.1, 0.15) is 5.76 Å². The lowest BCUT2D eigenvalue weighted by Crippen LogP contribution is -2.18. The fourth-order valence-electron chi connectivity index (χ4n) is 1.88. The molecule has 0 spiro atoms. The highest BCUT2D eigenvalue weighted by atomic mass is 16.3. The number of hydrogen-bond acceptors (Lipinski definition) is 4. The summed E-state index contributed by atoms with van der Waals surface area (Å²) in [4.78, 5) is 23.5. The molecule has 0 unspecified atom stereocenters. The van der Waals surface area contributed by atoms with Crippen molar-refractivity contribution in [2.24, 2.45) is 5.10 Å². The van der Waals surface area contributed by atoms with E-state index in [1.165, 1.54) is 6.92 Å². The van der Waals surface area contributed by atoms with Gasteiger partial charge in [0.15, 0.2) is 5.78 Å². The van der Waals surface area contributed by atoms with E-state index in [1.807, 2.05) is 0 Å². The van der Waals surface area contributed by atoms with Crippen molar-refractivity contribution in [1.29, 1.82) is 0 Å². The first-order chi connectivity index (χ1) is 11.1. The molecule has 1 amide bonds. The average Bonchev–Trinajstić information content (AvgIpc) is 2.59. The van der Waals surface area contributed by atoms with Gasteiger partial charge in [-0.3, -0.25) is 9.59 Å². The highest BCUT2D eigenvalue weighted by molar-refractivity contribution is 6.17. The molecule has 2 N–H and O–H groups in total. The van der Waals surface area contributed by atoms with Crippen molar-refractivity contribution < 1.29 is 14.7 Å². The molecule has 0 aliphatic rings. The minimum atomic E-state index is -0.399. The number of hydrazone groups is 1. The third-order valence-corrected chi connectivity index (χ3v) is 3.08. The van der Waals surface area contributed by atoms with Crippen molar-refractivity contribution in [3.63, 3.8) is 0 Å². The number of benzene rings is 2. The van der Waals surface area contributed by atoms with Crippen LogP contribution in [0.15, 0.2) is 71.3 Å². The Bertz CT molecular complexity index is 750. The normalized spacial score (nSPS) is 11.9. The quantitative estimate of drug-likeness (QED) is 0.386. The third kappa shape index (κ3) is 4.38. The number of aliphatic hydroxyl groups excluding tert-OH is 1. The zero-order chi connectivity index (χ0) is 16.7. The van der Waals surface area contributed by atoms with Gasteiger partial charge in [-0.15, -0.1) is 0 Å². The molecule has 2 rings (SSSR count). The number of hydrogen-bond donors (Lipinski definition) is 2. The number of rotatable bonds is 5. The zero-order valence-corrected chi connectivity index (χ0v) is 12.6. The second-order valence-electron chi connectivity index (χ2n) is 4.75. The highest BCUT2D eigenvalue weighted by Gasteiger charge is 2.11. The minimum Gasteiger partial charge on any atom is -0.507 e. The fraction of sp³-hybridized carbons (Fsp3) is 0.0556. The predicted molar refractivity (Wildman–Crippen MR) is 89.1 cm³/mol. The molecule has 0 bridgehead atoms. The molecule has 2 aromatic rings. The molecule has 0 aliphatic carbocycles. The van der Waals surface area contributed by atoms with Crippen molar-refractivity contribution >= 4 is 23.7 Å². The lowest BCUT2D eigenvalue weighted by atomic mass is 10.1. The molecule has 5 nitrogen and oxygen atoms in total. The van der Waals surface area contributed by atoms with Crippen LogP contribution in [0.2, 0.25) is 0 Å². The summed E-state index contributed by atoms with van der Waals surface area (Å²) in [6, 6.07) is 17.2. The van der Waals surface area contributed by atoms with Crippen LogP contribution in [0.5, 0.6) is 0 Å². The van der Waals surface area contributed by atoms with E-state index in [9.17, 15) is 14.7 Å². The van der Waals surface area contributed by atoms with Gasteiger partial charge in [-0.1, -0.05) is 48.5 Å². The summed E-state index contributed by atoms with van der Waals surface area (Å²) in [7, 11) is 0. The molecule has 0 saturated heterocycles. The molecule has 0 aromatic heterocycles. The smallest absolute Gasteiger partial charge is 0.271 e. The number of amides is 1. The van der Waals surface area contributed by atoms with E-state index >= 15 is 0 Å². The summed E-state index contributed by atoms with van der Waals surface area (Å²) in [5, 5.41) is 13.9. The summed E-state index contributed by atoms with van der Waals surface area (Å²) >= 11 is 0. The Morgan fingerprint density at radius 3 is 2.00 bits per heavy atom. The number of carbonyl (C=O) groups is 2. The van der Waals surface area contributed by atoms with E-state index in [1.54, 1.807) is 60.7 Å². The van der Waals surface area contributed by atoms with E-state index in [0.29, 0.717) is 11.1 Å². The van der Waals surface area contributed by atoms with E-state index in [0.717, 1.165) is 6.21 Å². The summed E-state index contributed by atoms with van der Waals surface area (Å²) in [5.41, 5.74) is 3.29. The summed E-state index contributed by atoms with van der Waals surface area (Å²) in [5.74, 6) is -0.941. The Balaban J connectivity index is 2.17. The van der Waals surface area contributed by atoms with E-state index in [2.05, 4.69) is 10.5 Å². The number of aliphatic hydroxyl groups is 1. The first-order valence-corrected chi connectivity index (χ1v) is 6.97. The number of carbonyl (C=O) groups excluding carboxylic acids is 2. The van der Waals surface area contributed by atoms with E-state index in [-0.39, 0.29) is 17.1 Å². The van der Waals surface area contributed by atoms with Gasteiger partial charge in [0.25, 0.3) is 5.91 Å². The molecular weight excluding hydrogens is 292 g/mol. The molecule has 0 saturated carbocycles. The Morgan fingerprint density at radius 2 is 1.48 bits per heavy atom. The lowest BCUT2D eigenvalue weighted by molar-refractivity contribution is -0.113. The van der Waals surface area contributed by atoms with Crippen molar-refractivity contribution in [2.45, 2.75) is 6.92 Å². The second kappa shape index (κ2) is 7.70. The van der Waals surface area contributed by atoms with Gasteiger partial charge in [0.2, 0.25) is 0 Å². The van der Waals surface area contributed by atoms with Crippen LogP contribution in [0.25, 0.3) is 5.76 Å². The van der Waals surface area contributed by atoms with Crippen molar-refractivity contribution in [2.75, 3.05) is 0 Å². The molecular formula is C18H16N2O3. The van der Waals surface area contributed by atoms with Crippen molar-refractivity contribution in [3.05, 3.63) is 77.4 Å². The molecule has 0 fully saturated rings. The van der Waals surface area contributed by atoms with Crippen LogP contribution in [0.4, 0.5) is 0 Å². The molecule has 0 atom stereocenters. The number of Topliss-reactive ketones (excluding diaryl/α,β-unsaturated/α-hetero) is 1. The van der Waals surface area contributed by atoms with Crippen LogP contribution < -0.4 is 5.43 Å². The first kappa shape index (κ1) is 16.2. The minimum absolute atomic E-state index is 0.0181. The summed E-state index contributed by atoms with van der Waals surface area (Å²) in [6.45, 7) is 1.32. The SMILES string of the molecule is CC(=O)C(/C=N/NC(=O)c1ccccc1)=C(/O)c1ccccc1. The van der Waals surface area contributed by atoms with Crippen LogP contribution in [-0.2, 0) is 4.79 Å². The molecule has 2 aromatic carbocycles. The molecule has 0 aliphatic heterocycles. The Labute approximate surface area is 134 Å². The van der Waals surface area contributed by atoms with Gasteiger partial charge in [-0.25, -0.2) is 5.43 Å². The Kier molecular flexibility index (Phi) is 5.41. The van der Waals surface area contributed by atoms with Crippen molar-refractivity contribution in [1.82, 2.24) is 5.43 Å². The average molecular weight is 308 g/mol. The molecule has 0 heterocycles. The van der Waals surface area contributed by atoms with Gasteiger partial charge in [0.05, 0.1) is 11.8 Å². The van der Waals surface area contributed by atoms with Crippen LogP contribution in [0.1, 0.15) is 22.8 Å². The largest absolute Gasteiger partial charge is 0.507 e. The number of allylic oxidation sites excluding steroid dienone is 1. The van der Waals surface area contributed by atoms with Gasteiger partial charge in [-0.05, 0) is 19.1 Å². The topological polar surface area (TPSA) is 78.8 Å². The molecule has 0 radical (unpaired) electrons. The molecule has 116 valence electrons. The van der Waals surface area contributed by atoms with Gasteiger partial charge in [0, 0.05) is 11.1 Å². The fourth-order valence-corrected chi connectivity index (χ4v) is 1.88. The van der Waals surface area contributed by atoms with Crippen LogP contribution >= 0.6 is 0 Å². The monoisotopic (exact) mass is 308 g/mol. The summed E-state index contributed by atoms with van der Waals surface area (Å²) < 4.78 is 0. The van der Waals surface area contributed by atoms with Gasteiger partial charge < -0.3 is 5.11 Å². The van der Waals surface area contributed by atoms with Crippen LogP contribution in [-0.4, -0.2) is 23.0 Å². The predicted octanol–water partition coefficient (Wildman–Crippen LogP) is 2.96. The van der Waals surface area contributed by atoms with Crippen molar-refractivity contribution in [3.8, 4) is 0 Å². The molecule has 5 heteroatoms. The van der Waals surface area contributed by atoms with Gasteiger partial charge >= 0.3 is 0 Å². The third-order valence-electron chi connectivity index (χ3n) is 3.08. The Hall–Kier alpha value is -3.21. The number of ketones is 1. The van der Waals surface area contributed by atoms with Crippen LogP contribution in [0.3, 0.4) is 0 Å². The second-order valence-corrected chi connectivity index (χ2v) is 4.75. The van der Waals surface area contributed by atoms with Gasteiger partial charge in [-0.2, -0.15) is 5.10 Å². The number of nitrogens with one attached hydrogen (secondary N) is 1. The van der Waals surface area contributed by atoms with E-state index < -0.39 is 5.91 Å². The molecule has 23 heavy (non-hydrogen) atoms. The van der Waals surface area contributed by atoms with E-state index in [4.69, 9.17) is 0 Å². The number of nitrogens with zero attached hydrogens (tertiary/aromatic N) is 1. The maximum Gasteiger partial charge on any atom is 0.271 e. The van der Waals surface area contributed by atoms with Crippen LogP contribution in [0, 0.1) is 0 Å². The maximum atomic E-state index is 11.8. The highest BCUT2D eigenvalue weighted by Crippen LogP contribution is 2.15.